The van der Waals surface area contributed by atoms with Gasteiger partial charge in [-0.2, -0.15) is 0 Å². The van der Waals surface area contributed by atoms with Crippen LogP contribution in [-0.4, -0.2) is 11.0 Å². The van der Waals surface area contributed by atoms with Crippen molar-refractivity contribution < 1.29 is 0 Å². The molecule has 0 spiro atoms. The maximum absolute atomic E-state index is 4.58. The van der Waals surface area contributed by atoms with E-state index >= 15 is 0 Å². The molecule has 3 rings (SSSR count). The highest BCUT2D eigenvalue weighted by atomic mass is 32.1. The number of rotatable bonds is 3. The Bertz CT molecular complexity index is 605. The minimum Gasteiger partial charge on any atom is -0.382 e. The number of thiazole rings is 1. The molecule has 1 N–H and O–H groups in total. The minimum absolute atomic E-state index is 0.605. The first-order valence-electron chi connectivity index (χ1n) is 7.91. The van der Waals surface area contributed by atoms with E-state index in [0.717, 1.165) is 22.5 Å². The second-order valence-corrected chi connectivity index (χ2v) is 7.54. The van der Waals surface area contributed by atoms with Crippen LogP contribution < -0.4 is 5.32 Å². The van der Waals surface area contributed by atoms with Crippen LogP contribution in [0.1, 0.15) is 38.1 Å². The van der Waals surface area contributed by atoms with E-state index in [1.54, 1.807) is 11.3 Å². The standard InChI is InChI=1S/C18H24N2S/c1-12-7-8-17(13(2)9-12)20-16-6-4-5-15(10-16)18-11-21-14(3)19-18/h4-6,10-13,17,20H,7-9H2,1-3H3. The third-order valence-corrected chi connectivity index (χ3v) is 5.33. The molecule has 3 atom stereocenters. The SMILES string of the molecule is Cc1nc(-c2cccc(NC3CCC(C)CC3C)c2)cs1. The van der Waals surface area contributed by atoms with Crippen LogP contribution in [0.15, 0.2) is 29.6 Å². The van der Waals surface area contributed by atoms with Gasteiger partial charge in [-0.25, -0.2) is 4.98 Å². The number of benzene rings is 1. The molecule has 2 nitrogen and oxygen atoms in total. The van der Waals surface area contributed by atoms with Gasteiger partial charge in [0.15, 0.2) is 0 Å². The average Bonchev–Trinajstić information content (AvgIpc) is 2.89. The molecule has 1 saturated carbocycles. The van der Waals surface area contributed by atoms with Gasteiger partial charge in [-0.1, -0.05) is 26.0 Å². The van der Waals surface area contributed by atoms with Crippen LogP contribution in [0.3, 0.4) is 0 Å². The maximum atomic E-state index is 4.58. The van der Waals surface area contributed by atoms with Crippen molar-refractivity contribution in [2.24, 2.45) is 11.8 Å². The average molecular weight is 300 g/mol. The summed E-state index contributed by atoms with van der Waals surface area (Å²) in [5, 5.41) is 7.01. The van der Waals surface area contributed by atoms with Crippen molar-refractivity contribution in [3.8, 4) is 11.3 Å². The van der Waals surface area contributed by atoms with Crippen LogP contribution in [0.2, 0.25) is 0 Å². The Balaban J connectivity index is 1.74. The Morgan fingerprint density at radius 2 is 2.10 bits per heavy atom. The molecule has 112 valence electrons. The molecular weight excluding hydrogens is 276 g/mol. The Morgan fingerprint density at radius 3 is 2.81 bits per heavy atom. The van der Waals surface area contributed by atoms with E-state index in [0.29, 0.717) is 6.04 Å². The van der Waals surface area contributed by atoms with E-state index in [1.165, 1.54) is 30.5 Å². The van der Waals surface area contributed by atoms with Crippen molar-refractivity contribution in [2.45, 2.75) is 46.1 Å². The van der Waals surface area contributed by atoms with Gasteiger partial charge in [-0.3, -0.25) is 0 Å². The van der Waals surface area contributed by atoms with Crippen molar-refractivity contribution in [3.05, 3.63) is 34.7 Å². The summed E-state index contributed by atoms with van der Waals surface area (Å²) in [4.78, 5) is 4.58. The summed E-state index contributed by atoms with van der Waals surface area (Å²) in [6.07, 6.45) is 3.96. The Morgan fingerprint density at radius 1 is 1.24 bits per heavy atom. The number of aryl methyl sites for hydroxylation is 1. The first-order chi connectivity index (χ1) is 10.1. The number of aromatic nitrogens is 1. The van der Waals surface area contributed by atoms with E-state index in [1.807, 2.05) is 0 Å². The highest BCUT2D eigenvalue weighted by Crippen LogP contribution is 2.31. The van der Waals surface area contributed by atoms with Crippen LogP contribution >= 0.6 is 11.3 Å². The number of anilines is 1. The molecule has 0 radical (unpaired) electrons. The lowest BCUT2D eigenvalue weighted by molar-refractivity contribution is 0.276. The van der Waals surface area contributed by atoms with Gasteiger partial charge >= 0.3 is 0 Å². The zero-order chi connectivity index (χ0) is 14.8. The molecule has 3 heteroatoms. The Kier molecular flexibility index (Phi) is 4.29. The van der Waals surface area contributed by atoms with E-state index in [9.17, 15) is 0 Å². The molecule has 21 heavy (non-hydrogen) atoms. The molecule has 1 aromatic heterocycles. The molecule has 0 bridgehead atoms. The van der Waals surface area contributed by atoms with Crippen molar-refractivity contribution in [2.75, 3.05) is 5.32 Å². The molecule has 1 aliphatic rings. The Hall–Kier alpha value is -1.35. The van der Waals surface area contributed by atoms with Gasteiger partial charge in [0.1, 0.15) is 0 Å². The quantitative estimate of drug-likeness (QED) is 0.826. The van der Waals surface area contributed by atoms with Crippen LogP contribution in [0, 0.1) is 18.8 Å². The predicted molar refractivity (Wildman–Crippen MR) is 91.9 cm³/mol. The Labute approximate surface area is 131 Å². The largest absolute Gasteiger partial charge is 0.382 e. The monoisotopic (exact) mass is 300 g/mol. The number of hydrogen-bond donors (Lipinski definition) is 1. The fourth-order valence-electron chi connectivity index (χ4n) is 3.36. The summed E-state index contributed by atoms with van der Waals surface area (Å²) in [5.41, 5.74) is 3.53. The van der Waals surface area contributed by atoms with Crippen LogP contribution in [-0.2, 0) is 0 Å². The molecule has 0 amide bonds. The molecule has 1 fully saturated rings. The molecular formula is C18H24N2S. The van der Waals surface area contributed by atoms with Gasteiger partial charge < -0.3 is 5.32 Å². The van der Waals surface area contributed by atoms with Gasteiger partial charge in [-0.15, -0.1) is 11.3 Å². The highest BCUT2D eigenvalue weighted by molar-refractivity contribution is 7.09. The molecule has 1 heterocycles. The molecule has 3 unspecified atom stereocenters. The van der Waals surface area contributed by atoms with Crippen LogP contribution in [0.25, 0.3) is 11.3 Å². The topological polar surface area (TPSA) is 24.9 Å². The summed E-state index contributed by atoms with van der Waals surface area (Å²) in [6.45, 7) is 6.81. The predicted octanol–water partition coefficient (Wildman–Crippen LogP) is 5.36. The number of nitrogens with zero attached hydrogens (tertiary/aromatic N) is 1. The van der Waals surface area contributed by atoms with Crippen molar-refractivity contribution in [1.29, 1.82) is 0 Å². The van der Waals surface area contributed by atoms with Gasteiger partial charge in [-0.05, 0) is 50.2 Å². The first-order valence-corrected chi connectivity index (χ1v) is 8.79. The van der Waals surface area contributed by atoms with Crippen LogP contribution in [0.5, 0.6) is 0 Å². The van der Waals surface area contributed by atoms with Gasteiger partial charge in [0.2, 0.25) is 0 Å². The number of nitrogens with one attached hydrogen (secondary N) is 1. The van der Waals surface area contributed by atoms with E-state index in [-0.39, 0.29) is 0 Å². The summed E-state index contributed by atoms with van der Waals surface area (Å²) < 4.78 is 0. The molecule has 1 aliphatic carbocycles. The lowest BCUT2D eigenvalue weighted by Crippen LogP contribution is -2.32. The summed E-state index contributed by atoms with van der Waals surface area (Å²) in [5.74, 6) is 1.63. The maximum Gasteiger partial charge on any atom is 0.0901 e. The molecule has 1 aromatic carbocycles. The summed E-state index contributed by atoms with van der Waals surface area (Å²) in [7, 11) is 0. The fourth-order valence-corrected chi connectivity index (χ4v) is 3.98. The smallest absolute Gasteiger partial charge is 0.0901 e. The van der Waals surface area contributed by atoms with E-state index in [2.05, 4.69) is 60.7 Å². The van der Waals surface area contributed by atoms with Gasteiger partial charge in [0.05, 0.1) is 10.7 Å². The fraction of sp³-hybridized carbons (Fsp3) is 0.500. The lowest BCUT2D eigenvalue weighted by Gasteiger charge is -2.33. The zero-order valence-corrected chi connectivity index (χ0v) is 13.9. The summed E-state index contributed by atoms with van der Waals surface area (Å²) in [6, 6.07) is 9.29. The molecule has 2 aromatic rings. The van der Waals surface area contributed by atoms with Crippen molar-refractivity contribution in [3.63, 3.8) is 0 Å². The van der Waals surface area contributed by atoms with Crippen molar-refractivity contribution >= 4 is 17.0 Å². The van der Waals surface area contributed by atoms with Gasteiger partial charge in [0, 0.05) is 22.7 Å². The second-order valence-electron chi connectivity index (χ2n) is 6.48. The molecule has 0 aliphatic heterocycles. The lowest BCUT2D eigenvalue weighted by atomic mass is 9.80. The normalized spacial score (nSPS) is 25.8. The first kappa shape index (κ1) is 14.6. The van der Waals surface area contributed by atoms with E-state index < -0.39 is 0 Å². The van der Waals surface area contributed by atoms with Crippen LogP contribution in [0.4, 0.5) is 5.69 Å². The minimum atomic E-state index is 0.605. The number of hydrogen-bond acceptors (Lipinski definition) is 3. The molecule has 0 saturated heterocycles. The van der Waals surface area contributed by atoms with Crippen molar-refractivity contribution in [1.82, 2.24) is 4.98 Å². The third-order valence-electron chi connectivity index (χ3n) is 4.56. The highest BCUT2D eigenvalue weighted by Gasteiger charge is 2.25. The van der Waals surface area contributed by atoms with E-state index in [4.69, 9.17) is 0 Å². The second kappa shape index (κ2) is 6.18. The third kappa shape index (κ3) is 3.46. The van der Waals surface area contributed by atoms with Gasteiger partial charge in [0.25, 0.3) is 0 Å². The zero-order valence-electron chi connectivity index (χ0n) is 13.1. The summed E-state index contributed by atoms with van der Waals surface area (Å²) >= 11 is 1.71.